The first-order valence-corrected chi connectivity index (χ1v) is 6.96. The Labute approximate surface area is 120 Å². The van der Waals surface area contributed by atoms with Crippen molar-refractivity contribution in [2.24, 2.45) is 0 Å². The van der Waals surface area contributed by atoms with Crippen LogP contribution in [0.1, 0.15) is 26.0 Å². The van der Waals surface area contributed by atoms with E-state index >= 15 is 0 Å². The van der Waals surface area contributed by atoms with Crippen LogP contribution in [0, 0.1) is 0 Å². The molecule has 1 aliphatic rings. The number of ether oxygens (including phenoxy) is 2. The van der Waals surface area contributed by atoms with Crippen molar-refractivity contribution in [2.75, 3.05) is 13.2 Å². The normalized spacial score (nSPS) is 28.9. The minimum Gasteiger partial charge on any atom is -0.394 e. The van der Waals surface area contributed by atoms with Crippen molar-refractivity contribution in [2.45, 2.75) is 44.3 Å². The summed E-state index contributed by atoms with van der Waals surface area (Å²) in [4.78, 5) is 25.1. The van der Waals surface area contributed by atoms with Gasteiger partial charge in [0.15, 0.2) is 6.23 Å². The number of aromatic amines is 1. The van der Waals surface area contributed by atoms with E-state index in [1.807, 2.05) is 6.92 Å². The first kappa shape index (κ1) is 15.9. The molecule has 8 nitrogen and oxygen atoms in total. The molecule has 118 valence electrons. The molecule has 0 amide bonds. The van der Waals surface area contributed by atoms with E-state index < -0.39 is 35.8 Å². The van der Waals surface area contributed by atoms with Crippen molar-refractivity contribution in [1.29, 1.82) is 0 Å². The highest BCUT2D eigenvalue weighted by Gasteiger charge is 2.45. The number of hydrogen-bond acceptors (Lipinski definition) is 6. The second-order valence-electron chi connectivity index (χ2n) is 4.94. The molecule has 0 spiro atoms. The quantitative estimate of drug-likeness (QED) is 0.579. The molecule has 0 unspecified atom stereocenters. The Kier molecular flexibility index (Phi) is 5.29. The summed E-state index contributed by atoms with van der Waals surface area (Å²) in [5, 5.41) is 19.3. The third-order valence-corrected chi connectivity index (χ3v) is 3.43. The van der Waals surface area contributed by atoms with Crippen LogP contribution >= 0.6 is 0 Å². The van der Waals surface area contributed by atoms with Crippen molar-refractivity contribution in [3.05, 3.63) is 33.1 Å². The molecule has 0 aromatic carbocycles. The van der Waals surface area contributed by atoms with E-state index in [0.29, 0.717) is 6.61 Å². The Hall–Kier alpha value is -1.48. The Morgan fingerprint density at radius 1 is 1.48 bits per heavy atom. The van der Waals surface area contributed by atoms with E-state index in [2.05, 4.69) is 4.98 Å². The fourth-order valence-electron chi connectivity index (χ4n) is 2.26. The lowest BCUT2D eigenvalue weighted by atomic mass is 10.1. The van der Waals surface area contributed by atoms with Crippen molar-refractivity contribution >= 4 is 0 Å². The molecule has 4 atom stereocenters. The van der Waals surface area contributed by atoms with Gasteiger partial charge in [-0.25, -0.2) is 4.79 Å². The summed E-state index contributed by atoms with van der Waals surface area (Å²) in [5.41, 5.74) is -1.17. The number of rotatable bonds is 6. The number of nitrogens with zero attached hydrogens (tertiary/aromatic N) is 1. The molecule has 2 rings (SSSR count). The molecule has 1 fully saturated rings. The fourth-order valence-corrected chi connectivity index (χ4v) is 2.26. The largest absolute Gasteiger partial charge is 0.394 e. The molecule has 0 radical (unpaired) electrons. The monoisotopic (exact) mass is 300 g/mol. The fraction of sp³-hybridized carbons (Fsp3) is 0.692. The molecule has 8 heteroatoms. The molecule has 0 saturated carbocycles. The van der Waals surface area contributed by atoms with Crippen LogP contribution < -0.4 is 11.2 Å². The van der Waals surface area contributed by atoms with Crippen LogP contribution in [-0.4, -0.2) is 51.3 Å². The minimum atomic E-state index is -1.05. The lowest BCUT2D eigenvalue weighted by Crippen LogP contribution is -2.39. The molecule has 0 bridgehead atoms. The van der Waals surface area contributed by atoms with E-state index in [-0.39, 0.29) is 6.61 Å². The molecule has 1 aromatic heterocycles. The van der Waals surface area contributed by atoms with Gasteiger partial charge in [-0.3, -0.25) is 14.3 Å². The van der Waals surface area contributed by atoms with Gasteiger partial charge in [-0.15, -0.1) is 0 Å². The topological polar surface area (TPSA) is 114 Å². The molecule has 2 heterocycles. The summed E-state index contributed by atoms with van der Waals surface area (Å²) >= 11 is 0. The zero-order valence-electron chi connectivity index (χ0n) is 11.8. The first-order chi connectivity index (χ1) is 10.1. The predicted molar refractivity (Wildman–Crippen MR) is 73.0 cm³/mol. The molecular weight excluding hydrogens is 280 g/mol. The molecule has 1 aliphatic heterocycles. The maximum atomic E-state index is 11.8. The van der Waals surface area contributed by atoms with Gasteiger partial charge in [-0.05, 0) is 6.42 Å². The Morgan fingerprint density at radius 3 is 2.86 bits per heavy atom. The van der Waals surface area contributed by atoms with Crippen LogP contribution in [0.2, 0.25) is 0 Å². The maximum absolute atomic E-state index is 11.8. The van der Waals surface area contributed by atoms with Crippen LogP contribution in [0.5, 0.6) is 0 Å². The van der Waals surface area contributed by atoms with Gasteiger partial charge in [0, 0.05) is 18.9 Å². The molecule has 3 N–H and O–H groups in total. The van der Waals surface area contributed by atoms with Gasteiger partial charge in [-0.2, -0.15) is 0 Å². The van der Waals surface area contributed by atoms with E-state index in [0.717, 1.165) is 17.4 Å². The van der Waals surface area contributed by atoms with Gasteiger partial charge in [-0.1, -0.05) is 13.3 Å². The summed E-state index contributed by atoms with van der Waals surface area (Å²) in [6.07, 6.45) is -0.530. The number of unbranched alkanes of at least 4 members (excludes halogenated alkanes) is 1. The summed E-state index contributed by atoms with van der Waals surface area (Å²) in [7, 11) is 0. The van der Waals surface area contributed by atoms with Crippen molar-refractivity contribution in [1.82, 2.24) is 9.55 Å². The second kappa shape index (κ2) is 6.99. The molecule has 1 aromatic rings. The summed E-state index contributed by atoms with van der Waals surface area (Å²) in [6.45, 7) is 2.03. The lowest BCUT2D eigenvalue weighted by Gasteiger charge is -2.22. The summed E-state index contributed by atoms with van der Waals surface area (Å²) in [5.74, 6) is 0. The third-order valence-electron chi connectivity index (χ3n) is 3.43. The van der Waals surface area contributed by atoms with Crippen LogP contribution in [0.4, 0.5) is 0 Å². The maximum Gasteiger partial charge on any atom is 0.330 e. The van der Waals surface area contributed by atoms with Crippen LogP contribution in [0.15, 0.2) is 21.9 Å². The smallest absolute Gasteiger partial charge is 0.330 e. The predicted octanol–water partition coefficient (Wildman–Crippen LogP) is -1.03. The SMILES string of the molecule is CCCCO[C@@H]1[C@H](O)[C@@H](CO)O[C@H]1n1ccc(=O)[nH]c1=O. The number of aliphatic hydroxyl groups is 2. The highest BCUT2D eigenvalue weighted by Crippen LogP contribution is 2.30. The van der Waals surface area contributed by atoms with Gasteiger partial charge in [0.25, 0.3) is 5.56 Å². The van der Waals surface area contributed by atoms with Crippen LogP contribution in [-0.2, 0) is 9.47 Å². The number of hydrogen-bond donors (Lipinski definition) is 3. The van der Waals surface area contributed by atoms with Crippen LogP contribution in [0.25, 0.3) is 0 Å². The molecule has 0 aliphatic carbocycles. The zero-order valence-corrected chi connectivity index (χ0v) is 11.8. The van der Waals surface area contributed by atoms with Crippen molar-refractivity contribution in [3.63, 3.8) is 0 Å². The van der Waals surface area contributed by atoms with Gasteiger partial charge in [0.2, 0.25) is 0 Å². The zero-order chi connectivity index (χ0) is 15.4. The van der Waals surface area contributed by atoms with E-state index in [4.69, 9.17) is 9.47 Å². The lowest BCUT2D eigenvalue weighted by molar-refractivity contribution is -0.0748. The number of aromatic nitrogens is 2. The standard InChI is InChI=1S/C13H20N2O6/c1-2-3-6-20-11-10(18)8(7-16)21-12(11)15-5-4-9(17)14-13(15)19/h4-5,8,10-12,16,18H,2-3,6-7H2,1H3,(H,14,17,19)/t8-,10-,11-,12-/m1/s1. The Morgan fingerprint density at radius 2 is 2.24 bits per heavy atom. The van der Waals surface area contributed by atoms with Crippen molar-refractivity contribution < 1.29 is 19.7 Å². The number of H-pyrrole nitrogens is 1. The second-order valence-corrected chi connectivity index (χ2v) is 4.94. The highest BCUT2D eigenvalue weighted by atomic mass is 16.6. The minimum absolute atomic E-state index is 0.386. The average molecular weight is 300 g/mol. The number of nitrogens with one attached hydrogen (secondary N) is 1. The van der Waals surface area contributed by atoms with Gasteiger partial charge >= 0.3 is 5.69 Å². The van der Waals surface area contributed by atoms with Gasteiger partial charge in [0.05, 0.1) is 6.61 Å². The van der Waals surface area contributed by atoms with Crippen molar-refractivity contribution in [3.8, 4) is 0 Å². The third kappa shape index (κ3) is 3.41. The van der Waals surface area contributed by atoms with Gasteiger partial charge < -0.3 is 19.7 Å². The Balaban J connectivity index is 2.25. The van der Waals surface area contributed by atoms with Crippen LogP contribution in [0.3, 0.4) is 0 Å². The molecule has 1 saturated heterocycles. The molecule has 21 heavy (non-hydrogen) atoms. The average Bonchev–Trinajstić information content (AvgIpc) is 2.76. The first-order valence-electron chi connectivity index (χ1n) is 6.96. The van der Waals surface area contributed by atoms with E-state index in [1.165, 1.54) is 12.3 Å². The molecular formula is C13H20N2O6. The number of aliphatic hydroxyl groups excluding tert-OH is 2. The van der Waals surface area contributed by atoms with Gasteiger partial charge in [0.1, 0.15) is 18.3 Å². The van der Waals surface area contributed by atoms with E-state index in [1.54, 1.807) is 0 Å². The summed E-state index contributed by atoms with van der Waals surface area (Å²) < 4.78 is 12.2. The highest BCUT2D eigenvalue weighted by molar-refractivity contribution is 4.93. The van der Waals surface area contributed by atoms with E-state index in [9.17, 15) is 19.8 Å². The summed E-state index contributed by atoms with van der Waals surface area (Å²) in [6, 6.07) is 1.19. The Bertz CT molecular complexity index is 568.